The lowest BCUT2D eigenvalue weighted by atomic mass is 10.1. The molecule has 1 aliphatic heterocycles. The highest BCUT2D eigenvalue weighted by Gasteiger charge is 2.44. The van der Waals surface area contributed by atoms with Crippen molar-refractivity contribution in [1.29, 1.82) is 0 Å². The number of aliphatic hydroxyl groups is 3. The predicted octanol–water partition coefficient (Wildman–Crippen LogP) is -1.68. The van der Waals surface area contributed by atoms with E-state index in [9.17, 15) is 23.8 Å². The quantitative estimate of drug-likeness (QED) is 0.513. The van der Waals surface area contributed by atoms with Crippen LogP contribution < -0.4 is 11.3 Å². The first kappa shape index (κ1) is 13.9. The summed E-state index contributed by atoms with van der Waals surface area (Å²) in [7, 11) is 0. The maximum atomic E-state index is 13.4. The maximum absolute atomic E-state index is 13.4. The lowest BCUT2D eigenvalue weighted by Crippen LogP contribution is -2.36. The van der Waals surface area contributed by atoms with Gasteiger partial charge < -0.3 is 25.8 Å². The fourth-order valence-electron chi connectivity index (χ4n) is 1.88. The monoisotopic (exact) mass is 278 g/mol. The summed E-state index contributed by atoms with van der Waals surface area (Å²) in [6.45, 7) is -0.622. The first-order valence-electron chi connectivity index (χ1n) is 5.36. The van der Waals surface area contributed by atoms with Gasteiger partial charge in [0.25, 0.3) is 5.56 Å². The number of halogens is 2. The Labute approximate surface area is 105 Å². The van der Waals surface area contributed by atoms with Crippen LogP contribution >= 0.6 is 0 Å². The molecule has 0 saturated carbocycles. The zero-order chi connectivity index (χ0) is 14.3. The molecule has 19 heavy (non-hydrogen) atoms. The van der Waals surface area contributed by atoms with Crippen LogP contribution in [-0.4, -0.2) is 44.8 Å². The molecule has 106 valence electrons. The molecular weight excluding hydrogens is 266 g/mol. The molecule has 9 heteroatoms. The van der Waals surface area contributed by atoms with Crippen LogP contribution in [0.5, 0.6) is 0 Å². The largest absolute Gasteiger partial charge is 0.394 e. The maximum Gasteiger partial charge on any atom is 0.291 e. The van der Waals surface area contributed by atoms with Gasteiger partial charge in [0, 0.05) is 6.20 Å². The minimum Gasteiger partial charge on any atom is -0.394 e. The molecule has 2 heterocycles. The van der Waals surface area contributed by atoms with Crippen molar-refractivity contribution >= 4 is 5.69 Å². The number of aromatic nitrogens is 1. The van der Waals surface area contributed by atoms with E-state index in [0.717, 1.165) is 0 Å². The number of hydrogen-bond donors (Lipinski definition) is 4. The van der Waals surface area contributed by atoms with Crippen molar-refractivity contribution in [2.75, 3.05) is 12.3 Å². The van der Waals surface area contributed by atoms with Gasteiger partial charge in [-0.15, -0.1) is 0 Å². The Bertz CT molecular complexity index is 549. The molecular formula is C10H12F2N2O5. The fraction of sp³-hybridized carbons (Fsp3) is 0.500. The van der Waals surface area contributed by atoms with Gasteiger partial charge in [-0.3, -0.25) is 9.36 Å². The van der Waals surface area contributed by atoms with Crippen LogP contribution in [0.15, 0.2) is 11.0 Å². The average molecular weight is 278 g/mol. The molecule has 5 N–H and O–H groups in total. The van der Waals surface area contributed by atoms with Crippen molar-refractivity contribution in [2.45, 2.75) is 24.5 Å². The number of pyridine rings is 1. The molecule has 0 aliphatic carbocycles. The Morgan fingerprint density at radius 1 is 1.37 bits per heavy atom. The Hall–Kier alpha value is -1.55. The highest BCUT2D eigenvalue weighted by Crippen LogP contribution is 2.28. The third-order valence-corrected chi connectivity index (χ3v) is 2.96. The van der Waals surface area contributed by atoms with Gasteiger partial charge in [-0.05, 0) is 0 Å². The molecule has 1 fully saturated rings. The Morgan fingerprint density at radius 3 is 2.53 bits per heavy atom. The van der Waals surface area contributed by atoms with Gasteiger partial charge in [0.05, 0.1) is 6.61 Å². The summed E-state index contributed by atoms with van der Waals surface area (Å²) < 4.78 is 32.1. The molecule has 1 aliphatic rings. The van der Waals surface area contributed by atoms with Crippen molar-refractivity contribution in [3.63, 3.8) is 0 Å². The second-order valence-corrected chi connectivity index (χ2v) is 4.15. The first-order valence-corrected chi connectivity index (χ1v) is 5.36. The molecule has 0 radical (unpaired) electrons. The highest BCUT2D eigenvalue weighted by atomic mass is 19.1. The van der Waals surface area contributed by atoms with Crippen molar-refractivity contribution < 1.29 is 28.8 Å². The minimum absolute atomic E-state index is 0.449. The van der Waals surface area contributed by atoms with Crippen LogP contribution in [0.25, 0.3) is 0 Å². The van der Waals surface area contributed by atoms with E-state index < -0.39 is 54.0 Å². The van der Waals surface area contributed by atoms with Crippen LogP contribution in [0.2, 0.25) is 0 Å². The molecule has 0 bridgehead atoms. The number of anilines is 1. The smallest absolute Gasteiger partial charge is 0.291 e. The van der Waals surface area contributed by atoms with Crippen LogP contribution in [0.4, 0.5) is 14.5 Å². The minimum atomic E-state index is -1.61. The first-order chi connectivity index (χ1) is 8.88. The number of rotatable bonds is 2. The lowest BCUT2D eigenvalue weighted by molar-refractivity contribution is -0.0551. The van der Waals surface area contributed by atoms with E-state index in [-0.39, 0.29) is 0 Å². The highest BCUT2D eigenvalue weighted by molar-refractivity contribution is 5.38. The molecule has 1 aromatic rings. The van der Waals surface area contributed by atoms with E-state index >= 15 is 0 Å². The van der Waals surface area contributed by atoms with E-state index in [1.165, 1.54) is 0 Å². The van der Waals surface area contributed by atoms with Gasteiger partial charge in [-0.25, -0.2) is 4.39 Å². The molecule has 2 rings (SSSR count). The van der Waals surface area contributed by atoms with E-state index in [2.05, 4.69) is 0 Å². The summed E-state index contributed by atoms with van der Waals surface area (Å²) in [4.78, 5) is 11.6. The second kappa shape index (κ2) is 4.85. The van der Waals surface area contributed by atoms with E-state index in [4.69, 9.17) is 15.6 Å². The zero-order valence-corrected chi connectivity index (χ0v) is 9.53. The van der Waals surface area contributed by atoms with Crippen LogP contribution in [0, 0.1) is 11.6 Å². The van der Waals surface area contributed by atoms with Gasteiger partial charge in [0.15, 0.2) is 12.0 Å². The summed E-state index contributed by atoms with van der Waals surface area (Å²) in [5.41, 5.74) is 2.78. The van der Waals surface area contributed by atoms with E-state index in [0.29, 0.717) is 10.8 Å². The van der Waals surface area contributed by atoms with Gasteiger partial charge in [-0.2, -0.15) is 4.39 Å². The third-order valence-electron chi connectivity index (χ3n) is 2.96. The molecule has 7 nitrogen and oxygen atoms in total. The summed E-state index contributed by atoms with van der Waals surface area (Å²) >= 11 is 0. The normalized spacial score (nSPS) is 30.8. The molecule has 4 atom stereocenters. The van der Waals surface area contributed by atoms with Crippen molar-refractivity contribution in [3.8, 4) is 0 Å². The van der Waals surface area contributed by atoms with Crippen LogP contribution in [0.1, 0.15) is 6.23 Å². The Balaban J connectivity index is 2.47. The number of nitrogen functional groups attached to an aromatic ring is 1. The summed E-state index contributed by atoms with van der Waals surface area (Å²) in [5, 5.41) is 28.1. The number of hydrogen-bond acceptors (Lipinski definition) is 6. The third kappa shape index (κ3) is 2.10. The molecule has 0 spiro atoms. The Morgan fingerprint density at radius 2 is 2.00 bits per heavy atom. The Kier molecular flexibility index (Phi) is 3.54. The van der Waals surface area contributed by atoms with Gasteiger partial charge in [-0.1, -0.05) is 0 Å². The number of nitrogens with two attached hydrogens (primary N) is 1. The standard InChI is InChI=1S/C10H12F2N2O5/c11-3-1-14(9(18)5(12)6(3)13)10-8(17)7(16)4(2-15)19-10/h1,4,7-8,10,15-17H,2,13H2/t4-,7-,8-,10?/m1/s1. The summed E-state index contributed by atoms with van der Waals surface area (Å²) in [5.74, 6) is -2.72. The molecule has 0 amide bonds. The van der Waals surface area contributed by atoms with E-state index in [1.54, 1.807) is 0 Å². The molecule has 0 aromatic carbocycles. The molecule has 1 unspecified atom stereocenters. The number of aliphatic hydroxyl groups excluding tert-OH is 3. The predicted molar refractivity (Wildman–Crippen MR) is 58.0 cm³/mol. The second-order valence-electron chi connectivity index (χ2n) is 4.15. The zero-order valence-electron chi connectivity index (χ0n) is 9.53. The summed E-state index contributed by atoms with van der Waals surface area (Å²) in [6.07, 6.45) is -5.19. The van der Waals surface area contributed by atoms with Gasteiger partial charge in [0.1, 0.15) is 24.0 Å². The van der Waals surface area contributed by atoms with Crippen LogP contribution in [-0.2, 0) is 4.74 Å². The van der Waals surface area contributed by atoms with E-state index in [1.807, 2.05) is 0 Å². The number of ether oxygens (including phenoxy) is 1. The SMILES string of the molecule is Nc1c(F)cn(C2O[C@H](CO)[C@@H](O)[C@H]2O)c(=O)c1F. The molecule has 1 saturated heterocycles. The summed E-state index contributed by atoms with van der Waals surface area (Å²) in [6, 6.07) is 0. The van der Waals surface area contributed by atoms with Crippen molar-refractivity contribution in [2.24, 2.45) is 0 Å². The van der Waals surface area contributed by atoms with Gasteiger partial charge in [0.2, 0.25) is 5.82 Å². The number of nitrogens with zero attached hydrogens (tertiary/aromatic N) is 1. The average Bonchev–Trinajstić information content (AvgIpc) is 2.68. The lowest BCUT2D eigenvalue weighted by Gasteiger charge is -2.18. The fourth-order valence-corrected chi connectivity index (χ4v) is 1.88. The van der Waals surface area contributed by atoms with Crippen molar-refractivity contribution in [1.82, 2.24) is 4.57 Å². The topological polar surface area (TPSA) is 118 Å². The van der Waals surface area contributed by atoms with Crippen molar-refractivity contribution in [3.05, 3.63) is 28.2 Å². The van der Waals surface area contributed by atoms with Gasteiger partial charge >= 0.3 is 0 Å². The van der Waals surface area contributed by atoms with Crippen LogP contribution in [0.3, 0.4) is 0 Å². The molecule has 1 aromatic heterocycles.